The first-order valence-corrected chi connectivity index (χ1v) is 52.7. The largest absolute Gasteiger partial charge is 0.525 e. The predicted molar refractivity (Wildman–Crippen MR) is 512 cm³/mol. The number of esters is 6. The Bertz CT molecular complexity index is 5660. The van der Waals surface area contributed by atoms with Gasteiger partial charge in [0.05, 0.1) is 85.4 Å². The Morgan fingerprint density at radius 3 is 1.15 bits per heavy atom. The third-order valence-corrected chi connectivity index (χ3v) is 33.7. The van der Waals surface area contributed by atoms with E-state index in [-0.39, 0.29) is 129 Å². The normalized spacial score (nSPS) is 24.2. The third kappa shape index (κ3) is 25.2. The Balaban J connectivity index is 0.000000248. The summed E-state index contributed by atoms with van der Waals surface area (Å²) in [7, 11) is -12.5. The van der Waals surface area contributed by atoms with E-state index >= 15 is 0 Å². The first-order valence-electron chi connectivity index (χ1n) is 48.4. The topological polar surface area (TPSA) is 412 Å². The second kappa shape index (κ2) is 44.1. The molecule has 2 heterocycles. The number of nitrogens with zero attached hydrogens (tertiary/aromatic N) is 2. The second-order valence-electron chi connectivity index (χ2n) is 43.7. The maximum atomic E-state index is 14.5. The summed E-state index contributed by atoms with van der Waals surface area (Å²) in [5.74, 6) is -5.87. The van der Waals surface area contributed by atoms with E-state index in [0.29, 0.717) is 100 Å². The molecule has 0 spiro atoms. The number of fused-ring (bicyclic) bond motifs is 10. The van der Waals surface area contributed by atoms with Crippen molar-refractivity contribution in [3.8, 4) is 0 Å². The molecule has 4 aromatic rings. The van der Waals surface area contributed by atoms with Gasteiger partial charge in [-0.2, -0.15) is 43.2 Å². The average molecular weight is 2080 g/mol. The molecule has 8 aliphatic rings. The average Bonchev–Trinajstić information content (AvgIpc) is 1.73. The smallest absolute Gasteiger partial charge is 0.481 e. The lowest BCUT2D eigenvalue weighted by molar-refractivity contribution is -0.178. The molecule has 0 radical (unpaired) electrons. The molecule has 6 fully saturated rings. The standard InChI is InChI=1S/C51H68F3NO14S2.C38H62O9.C13H6F3NO5S2/c1-10-47(6,44(61)67-37-26-30-25-36(37)32-16-12-15-31(30)32)28-50(9,29-49(8,42(58)59)27-48(7,11-2)45(62)68-46(3,4)5)43(60)66-23-22-65-21-14-24-70-38-20-19-35-39-33(38)17-13-18-34(39)40(56)55(41(35)57)69-71(63,64)51(52,53)54;1-11-17-44-18-19-45-31(41)38(10,24-37(9,30(39)40)22-36(8,13-3)33(43)47-34(4,5)6)23-35(7,12-2)32(42)46-29-21-25-20-28(29)27-16-14-15-26(25)27;14-13(15,16)24(20,21)22-17-11(18)7-3-1-2-6-9(23)5-4-8(10(6)7)12(17)19/h13,17-20,30-32,36-37H,10-12,14-16,21-29H2,1-9H3,(H,58,59);11,25-29H,1,12-24H2,2-10H3,(H,39,40);1-5,23H. The molecule has 4 amide bonds. The summed E-state index contributed by atoms with van der Waals surface area (Å²) >= 11 is 5.53. The van der Waals surface area contributed by atoms with E-state index in [4.69, 9.17) is 37.9 Å². The van der Waals surface area contributed by atoms with Crippen LogP contribution in [0.5, 0.6) is 0 Å². The number of rotatable bonds is 43. The highest BCUT2D eigenvalue weighted by molar-refractivity contribution is 7.99. The number of carboxylic acid groups (broad SMARTS) is 2. The van der Waals surface area contributed by atoms with Crippen molar-refractivity contribution in [1.29, 1.82) is 0 Å². The van der Waals surface area contributed by atoms with Gasteiger partial charge in [-0.05, 0) is 313 Å². The van der Waals surface area contributed by atoms with Crippen LogP contribution in [-0.2, 0) is 105 Å². The van der Waals surface area contributed by atoms with Crippen LogP contribution < -0.4 is 0 Å². The monoisotopic (exact) mass is 2080 g/mol. The number of carbonyl (C=O) groups excluding carboxylic acids is 10. The van der Waals surface area contributed by atoms with E-state index in [2.05, 4.69) is 27.8 Å². The molecule has 788 valence electrons. The number of alkyl halides is 6. The Hall–Kier alpha value is -8.80. The molecule has 0 saturated heterocycles. The van der Waals surface area contributed by atoms with Crippen LogP contribution in [0.2, 0.25) is 0 Å². The molecule has 4 aromatic carbocycles. The first kappa shape index (κ1) is 115. The number of benzene rings is 4. The summed E-state index contributed by atoms with van der Waals surface area (Å²) in [5.41, 5.74) is -24.8. The number of thioether (sulfide) groups is 1. The van der Waals surface area contributed by atoms with E-state index in [9.17, 15) is 111 Å². The van der Waals surface area contributed by atoms with Gasteiger partial charge < -0.3 is 48.1 Å². The zero-order valence-corrected chi connectivity index (χ0v) is 87.3. The van der Waals surface area contributed by atoms with E-state index in [1.54, 1.807) is 108 Å². The molecule has 6 aliphatic carbocycles. The highest BCUT2D eigenvalue weighted by atomic mass is 32.2. The highest BCUT2D eigenvalue weighted by Gasteiger charge is 2.62. The molecule has 18 unspecified atom stereocenters. The van der Waals surface area contributed by atoms with Gasteiger partial charge in [-0.25, -0.2) is 0 Å². The van der Waals surface area contributed by atoms with Crippen LogP contribution in [-0.4, -0.2) is 188 Å². The van der Waals surface area contributed by atoms with Gasteiger partial charge in [0, 0.05) is 32.9 Å². The Morgan fingerprint density at radius 2 is 0.775 bits per heavy atom. The van der Waals surface area contributed by atoms with E-state index < -0.39 is 161 Å². The number of aliphatic carboxylic acids is 2. The fourth-order valence-electron chi connectivity index (χ4n) is 23.0. The van der Waals surface area contributed by atoms with Gasteiger partial charge in [0.25, 0.3) is 23.6 Å². The van der Waals surface area contributed by atoms with Gasteiger partial charge in [-0.15, -0.1) is 49.7 Å². The molecule has 30 nitrogen and oxygen atoms in total. The molecule has 12 rings (SSSR count). The van der Waals surface area contributed by atoms with E-state index in [1.165, 1.54) is 99.3 Å². The van der Waals surface area contributed by atoms with Crippen molar-refractivity contribution < 1.29 is 157 Å². The predicted octanol–water partition coefficient (Wildman–Crippen LogP) is 20.1. The Morgan fingerprint density at radius 1 is 0.430 bits per heavy atom. The van der Waals surface area contributed by atoms with Crippen LogP contribution in [0, 0.1) is 90.7 Å². The second-order valence-corrected chi connectivity index (χ2v) is 48.3. The van der Waals surface area contributed by atoms with Gasteiger partial charge in [0.15, 0.2) is 0 Å². The maximum absolute atomic E-state index is 14.5. The molecular formula is C102H136F6N2O28S4. The number of carbonyl (C=O) groups is 12. The zero-order chi connectivity index (χ0) is 106. The summed E-state index contributed by atoms with van der Waals surface area (Å²) in [6, 6.07) is 13.9. The molecular weight excluding hydrogens is 1940 g/mol. The van der Waals surface area contributed by atoms with Crippen LogP contribution in [0.1, 0.15) is 301 Å². The minimum absolute atomic E-state index is 0.0252. The minimum Gasteiger partial charge on any atom is -0.481 e. The Kier molecular flexibility index (Phi) is 35.7. The van der Waals surface area contributed by atoms with Crippen LogP contribution in [0.3, 0.4) is 0 Å². The van der Waals surface area contributed by atoms with Crippen molar-refractivity contribution in [1.82, 2.24) is 10.1 Å². The van der Waals surface area contributed by atoms with Gasteiger partial charge in [-0.1, -0.05) is 70.9 Å². The first-order chi connectivity index (χ1) is 65.7. The number of thiol groups is 1. The lowest BCUT2D eigenvalue weighted by Crippen LogP contribution is -2.48. The molecule has 2 aliphatic heterocycles. The summed E-state index contributed by atoms with van der Waals surface area (Å²) in [5, 5.41) is 21.9. The zero-order valence-electron chi connectivity index (χ0n) is 84.0. The van der Waals surface area contributed by atoms with Gasteiger partial charge in [0.2, 0.25) is 0 Å². The minimum atomic E-state index is -6.32. The Labute approximate surface area is 835 Å². The highest BCUT2D eigenvalue weighted by Crippen LogP contribution is 2.63. The number of halogens is 6. The van der Waals surface area contributed by atoms with Crippen molar-refractivity contribution in [2.24, 2.45) is 90.7 Å². The summed E-state index contributed by atoms with van der Waals surface area (Å²) in [6.07, 6.45) is 13.6. The molecule has 6 saturated carbocycles. The van der Waals surface area contributed by atoms with Crippen molar-refractivity contribution >= 4 is 138 Å². The van der Waals surface area contributed by atoms with E-state index in [1.807, 2.05) is 27.7 Å². The summed E-state index contributed by atoms with van der Waals surface area (Å²) in [6.45, 7) is 35.2. The van der Waals surface area contributed by atoms with Gasteiger partial charge in [-0.3, -0.25) is 57.5 Å². The number of ether oxygens (including phenoxy) is 8. The number of imide groups is 2. The number of amides is 4. The maximum Gasteiger partial charge on any atom is 0.525 e. The molecule has 142 heavy (non-hydrogen) atoms. The SMILES string of the molecule is C=CCOCCOC(=O)C(C)(CC(C)(CC(C)(CC)C(=O)OC(C)(C)C)C(=O)O)CC(C)(CC)C(=O)OC1CC2CC1C1CCCC21.CCC(C)(CC(C)(CC(C)(CC(C)(CC)C(=O)OC(C)(C)C)C(=O)O)C(=O)OCCOCCCSc1ccc2c3c(cccc13)C(=O)N(OS(=O)(=O)C(F)(F)F)C2=O)C(=O)OC1CC2CC1C1CCCC21.O=C1c2cccc3c(S)ccc(c23)C(=O)N1OS(=O)(=O)C(F)(F)F. The van der Waals surface area contributed by atoms with Crippen molar-refractivity contribution in [3.63, 3.8) is 0 Å². The van der Waals surface area contributed by atoms with Crippen LogP contribution in [0.4, 0.5) is 26.3 Å². The van der Waals surface area contributed by atoms with E-state index in [0.717, 1.165) is 38.0 Å². The third-order valence-electron chi connectivity index (χ3n) is 30.3. The molecule has 40 heteroatoms. The van der Waals surface area contributed by atoms with Crippen LogP contribution >= 0.6 is 24.4 Å². The number of carboxylic acids is 2. The molecule has 4 bridgehead atoms. The lowest BCUT2D eigenvalue weighted by atomic mass is 9.61. The number of hydrogen-bond acceptors (Lipinski definition) is 28. The lowest BCUT2D eigenvalue weighted by Gasteiger charge is -2.43. The van der Waals surface area contributed by atoms with Crippen molar-refractivity contribution in [3.05, 3.63) is 95.6 Å². The fourth-order valence-corrected chi connectivity index (χ4v) is 25.1. The van der Waals surface area contributed by atoms with Crippen molar-refractivity contribution in [2.45, 2.75) is 304 Å². The summed E-state index contributed by atoms with van der Waals surface area (Å²) < 4.78 is 177. The number of hydroxylamine groups is 4. The van der Waals surface area contributed by atoms with Gasteiger partial charge >= 0.3 is 79.0 Å². The quantitative estimate of drug-likeness (QED) is 0.00426. The van der Waals surface area contributed by atoms with Crippen LogP contribution in [0.25, 0.3) is 21.5 Å². The number of hydrogen-bond donors (Lipinski definition) is 3. The summed E-state index contributed by atoms with van der Waals surface area (Å²) in [4.78, 5) is 162. The fraction of sp³-hybridized carbons (Fsp3) is 0.667. The van der Waals surface area contributed by atoms with Crippen molar-refractivity contribution in [2.75, 3.05) is 45.4 Å². The van der Waals surface area contributed by atoms with Gasteiger partial charge in [0.1, 0.15) is 36.6 Å². The molecule has 18 atom stereocenters. The van der Waals surface area contributed by atoms with Crippen LogP contribution in [0.15, 0.2) is 83.1 Å². The molecule has 0 aromatic heterocycles. The molecule has 2 N–H and O–H groups in total.